The van der Waals surface area contributed by atoms with Crippen LogP contribution < -0.4 is 11.1 Å². The number of amides is 2. The molecule has 6 heteroatoms. The van der Waals surface area contributed by atoms with Crippen LogP contribution >= 0.6 is 0 Å². The van der Waals surface area contributed by atoms with Crippen LogP contribution in [0.3, 0.4) is 0 Å². The highest BCUT2D eigenvalue weighted by molar-refractivity contribution is 5.82. The molecular weight excluding hydrogens is 210 g/mol. The van der Waals surface area contributed by atoms with Crippen LogP contribution in [0.4, 0.5) is 0 Å². The van der Waals surface area contributed by atoms with E-state index in [0.717, 1.165) is 19.4 Å². The van der Waals surface area contributed by atoms with Crippen LogP contribution in [0.2, 0.25) is 0 Å². The van der Waals surface area contributed by atoms with Crippen molar-refractivity contribution in [2.45, 2.75) is 38.0 Å². The molecule has 1 saturated heterocycles. The molecule has 0 saturated carbocycles. The molecule has 3 atom stereocenters. The molecule has 16 heavy (non-hydrogen) atoms. The van der Waals surface area contributed by atoms with Gasteiger partial charge in [-0.1, -0.05) is 0 Å². The van der Waals surface area contributed by atoms with Gasteiger partial charge in [0.25, 0.3) is 0 Å². The molecule has 4 N–H and O–H groups in total. The van der Waals surface area contributed by atoms with E-state index in [0.29, 0.717) is 13.0 Å². The molecule has 1 rings (SSSR count). The Bertz CT molecular complexity index is 252. The summed E-state index contributed by atoms with van der Waals surface area (Å²) >= 11 is 0. The first-order valence-corrected chi connectivity index (χ1v) is 5.48. The van der Waals surface area contributed by atoms with Crippen molar-refractivity contribution in [1.29, 1.82) is 0 Å². The lowest BCUT2D eigenvalue weighted by atomic mass is 10.1. The Morgan fingerprint density at radius 3 is 2.81 bits per heavy atom. The number of primary amides is 1. The van der Waals surface area contributed by atoms with Gasteiger partial charge in [0.1, 0.15) is 6.04 Å². The number of nitrogens with one attached hydrogen (secondary N) is 1. The van der Waals surface area contributed by atoms with Crippen LogP contribution in [0.15, 0.2) is 0 Å². The molecule has 0 aromatic heterocycles. The Labute approximate surface area is 94.8 Å². The van der Waals surface area contributed by atoms with Crippen molar-refractivity contribution in [2.75, 3.05) is 13.1 Å². The summed E-state index contributed by atoms with van der Waals surface area (Å²) in [5, 5.41) is 12.7. The first-order chi connectivity index (χ1) is 7.56. The zero-order chi connectivity index (χ0) is 12.1. The van der Waals surface area contributed by atoms with E-state index in [1.807, 2.05) is 0 Å². The van der Waals surface area contributed by atoms with Gasteiger partial charge in [0.2, 0.25) is 12.3 Å². The molecule has 3 unspecified atom stereocenters. The average molecular weight is 229 g/mol. The maximum absolute atomic E-state index is 11.2. The third-order valence-electron chi connectivity index (χ3n) is 2.83. The van der Waals surface area contributed by atoms with Gasteiger partial charge in [-0.3, -0.25) is 9.59 Å². The number of carbonyl (C=O) groups excluding carboxylic acids is 2. The van der Waals surface area contributed by atoms with E-state index in [4.69, 9.17) is 5.73 Å². The second-order valence-electron chi connectivity index (χ2n) is 4.18. The van der Waals surface area contributed by atoms with E-state index < -0.39 is 18.1 Å². The molecule has 0 aliphatic carbocycles. The van der Waals surface area contributed by atoms with Crippen LogP contribution in [0.25, 0.3) is 0 Å². The van der Waals surface area contributed by atoms with E-state index >= 15 is 0 Å². The first-order valence-electron chi connectivity index (χ1n) is 5.48. The second-order valence-corrected chi connectivity index (χ2v) is 4.18. The summed E-state index contributed by atoms with van der Waals surface area (Å²) < 4.78 is 0. The lowest BCUT2D eigenvalue weighted by Crippen LogP contribution is -2.53. The summed E-state index contributed by atoms with van der Waals surface area (Å²) in [6, 6.07) is -0.759. The van der Waals surface area contributed by atoms with Gasteiger partial charge in [0.15, 0.2) is 0 Å². The van der Waals surface area contributed by atoms with Crippen LogP contribution in [0, 0.1) is 0 Å². The zero-order valence-corrected chi connectivity index (χ0v) is 9.43. The highest BCUT2D eigenvalue weighted by Crippen LogP contribution is 2.10. The summed E-state index contributed by atoms with van der Waals surface area (Å²) in [4.78, 5) is 23.4. The van der Waals surface area contributed by atoms with E-state index in [9.17, 15) is 14.7 Å². The average Bonchev–Trinajstić information content (AvgIpc) is 2.68. The maximum Gasteiger partial charge on any atom is 0.242 e. The van der Waals surface area contributed by atoms with Gasteiger partial charge in [-0.2, -0.15) is 0 Å². The fourth-order valence-corrected chi connectivity index (χ4v) is 2.07. The largest absolute Gasteiger partial charge is 0.391 e. The van der Waals surface area contributed by atoms with Gasteiger partial charge in [-0.05, 0) is 26.3 Å². The highest BCUT2D eigenvalue weighted by Gasteiger charge is 2.29. The van der Waals surface area contributed by atoms with Crippen molar-refractivity contribution in [3.05, 3.63) is 0 Å². The van der Waals surface area contributed by atoms with E-state index in [-0.39, 0.29) is 6.04 Å². The van der Waals surface area contributed by atoms with Crippen LogP contribution in [0.5, 0.6) is 0 Å². The standard InChI is InChI=1S/C10H19N3O3/c1-7(15)9(10(11)16)13(6-14)5-8-3-2-4-12-8/h6-9,12,15H,2-5H2,1H3,(H2,11,16). The van der Waals surface area contributed by atoms with E-state index in [1.54, 1.807) is 0 Å². The van der Waals surface area contributed by atoms with Crippen molar-refractivity contribution in [1.82, 2.24) is 10.2 Å². The topological polar surface area (TPSA) is 95.7 Å². The van der Waals surface area contributed by atoms with Gasteiger partial charge < -0.3 is 21.1 Å². The number of nitrogens with zero attached hydrogens (tertiary/aromatic N) is 1. The molecule has 1 fully saturated rings. The first kappa shape index (κ1) is 12.9. The Kier molecular flexibility index (Phi) is 4.70. The van der Waals surface area contributed by atoms with Gasteiger partial charge >= 0.3 is 0 Å². The van der Waals surface area contributed by atoms with Gasteiger partial charge in [0, 0.05) is 12.6 Å². The molecular formula is C10H19N3O3. The summed E-state index contributed by atoms with van der Waals surface area (Å²) in [7, 11) is 0. The molecule has 92 valence electrons. The lowest BCUT2D eigenvalue weighted by Gasteiger charge is -2.30. The number of rotatable bonds is 6. The molecule has 0 bridgehead atoms. The predicted molar refractivity (Wildman–Crippen MR) is 58.5 cm³/mol. The Hall–Kier alpha value is -1.14. The van der Waals surface area contributed by atoms with E-state index in [1.165, 1.54) is 11.8 Å². The van der Waals surface area contributed by atoms with Gasteiger partial charge in [0.05, 0.1) is 6.10 Å². The Morgan fingerprint density at radius 1 is 1.75 bits per heavy atom. The number of hydrogen-bond donors (Lipinski definition) is 3. The van der Waals surface area contributed by atoms with Gasteiger partial charge in [-0.15, -0.1) is 0 Å². The normalized spacial score (nSPS) is 23.8. The monoisotopic (exact) mass is 229 g/mol. The molecule has 6 nitrogen and oxygen atoms in total. The summed E-state index contributed by atoms with van der Waals surface area (Å²) in [5.74, 6) is -0.680. The molecule has 1 heterocycles. The number of aliphatic hydroxyl groups is 1. The summed E-state index contributed by atoms with van der Waals surface area (Å²) in [6.07, 6.45) is 1.65. The quantitative estimate of drug-likeness (QED) is 0.480. The van der Waals surface area contributed by atoms with Crippen molar-refractivity contribution < 1.29 is 14.7 Å². The molecule has 0 radical (unpaired) electrons. The minimum absolute atomic E-state index is 0.186. The van der Waals surface area contributed by atoms with Crippen molar-refractivity contribution in [2.24, 2.45) is 5.73 Å². The third-order valence-corrected chi connectivity index (χ3v) is 2.83. The highest BCUT2D eigenvalue weighted by atomic mass is 16.3. The molecule has 0 aromatic carbocycles. The van der Waals surface area contributed by atoms with Crippen molar-refractivity contribution in [3.8, 4) is 0 Å². The van der Waals surface area contributed by atoms with E-state index in [2.05, 4.69) is 5.32 Å². The third kappa shape index (κ3) is 3.18. The SMILES string of the molecule is CC(O)C(C(N)=O)N(C=O)CC1CCCN1. The number of hydrogen-bond acceptors (Lipinski definition) is 4. The molecule has 0 aromatic rings. The number of nitrogens with two attached hydrogens (primary N) is 1. The van der Waals surface area contributed by atoms with Gasteiger partial charge in [-0.25, -0.2) is 0 Å². The van der Waals surface area contributed by atoms with Crippen LogP contribution in [0.1, 0.15) is 19.8 Å². The summed E-state index contributed by atoms with van der Waals surface area (Å²) in [5.41, 5.74) is 5.17. The zero-order valence-electron chi connectivity index (χ0n) is 9.43. The minimum atomic E-state index is -0.955. The van der Waals surface area contributed by atoms with Crippen LogP contribution in [-0.4, -0.2) is 53.6 Å². The minimum Gasteiger partial charge on any atom is -0.391 e. The van der Waals surface area contributed by atoms with Crippen molar-refractivity contribution in [3.63, 3.8) is 0 Å². The Balaban J connectivity index is 2.62. The lowest BCUT2D eigenvalue weighted by molar-refractivity contribution is -0.135. The van der Waals surface area contributed by atoms with Crippen molar-refractivity contribution >= 4 is 12.3 Å². The smallest absolute Gasteiger partial charge is 0.242 e. The maximum atomic E-state index is 11.2. The fourth-order valence-electron chi connectivity index (χ4n) is 2.07. The molecule has 1 aliphatic heterocycles. The van der Waals surface area contributed by atoms with Crippen LogP contribution in [-0.2, 0) is 9.59 Å². The molecule has 0 spiro atoms. The number of carbonyl (C=O) groups is 2. The summed E-state index contributed by atoms with van der Waals surface area (Å²) in [6.45, 7) is 2.78. The fraction of sp³-hybridized carbons (Fsp3) is 0.800. The predicted octanol–water partition coefficient (Wildman–Crippen LogP) is -1.57. The number of aliphatic hydroxyl groups excluding tert-OH is 1. The second kappa shape index (κ2) is 5.81. The molecule has 1 aliphatic rings. The Morgan fingerprint density at radius 2 is 2.44 bits per heavy atom. The molecule has 2 amide bonds.